The molecule has 2 heterocycles. The second-order valence-electron chi connectivity index (χ2n) is 8.36. The smallest absolute Gasteiger partial charge is 0.293 e. The summed E-state index contributed by atoms with van der Waals surface area (Å²) in [6.45, 7) is 7.04. The fourth-order valence-corrected chi connectivity index (χ4v) is 4.89. The molecule has 1 saturated carbocycles. The van der Waals surface area contributed by atoms with E-state index in [0.717, 1.165) is 39.0 Å². The quantitative estimate of drug-likeness (QED) is 0.518. The summed E-state index contributed by atoms with van der Waals surface area (Å²) < 4.78 is 1.99. The molecule has 1 aliphatic carbocycles. The molecule has 2 aliphatic rings. The third kappa shape index (κ3) is 4.47. The average Bonchev–Trinajstić information content (AvgIpc) is 3.12. The maximum atomic E-state index is 13.3. The van der Waals surface area contributed by atoms with Crippen LogP contribution in [0.15, 0.2) is 24.4 Å². The maximum Gasteiger partial charge on any atom is 0.293 e. The summed E-state index contributed by atoms with van der Waals surface area (Å²) in [6, 6.07) is 5.10. The normalized spacial score (nSPS) is 18.4. The van der Waals surface area contributed by atoms with Gasteiger partial charge in [-0.3, -0.25) is 14.9 Å². The third-order valence-corrected chi connectivity index (χ3v) is 6.59. The van der Waals surface area contributed by atoms with E-state index >= 15 is 0 Å². The first-order chi connectivity index (χ1) is 14.1. The van der Waals surface area contributed by atoms with Crippen LogP contribution in [0.4, 0.5) is 5.69 Å². The van der Waals surface area contributed by atoms with E-state index in [1.165, 1.54) is 19.3 Å². The molecule has 164 valence electrons. The number of nitrogens with zero attached hydrogens (tertiary/aromatic N) is 4. The molecule has 1 aliphatic heterocycles. The van der Waals surface area contributed by atoms with Gasteiger partial charge >= 0.3 is 0 Å². The Labute approximate surface area is 183 Å². The zero-order chi connectivity index (χ0) is 20.4. The molecule has 1 amide bonds. The van der Waals surface area contributed by atoms with Crippen LogP contribution in [0.1, 0.15) is 49.4 Å². The molecular formula is C22H31ClN4O3. The number of aromatic nitrogens is 1. The molecule has 0 unspecified atom stereocenters. The molecule has 0 spiro atoms. The number of carbonyl (C=O) groups excluding carboxylic acids is 1. The van der Waals surface area contributed by atoms with Crippen molar-refractivity contribution in [1.82, 2.24) is 14.4 Å². The van der Waals surface area contributed by atoms with Gasteiger partial charge in [-0.1, -0.05) is 38.3 Å². The Morgan fingerprint density at radius 1 is 1.13 bits per heavy atom. The van der Waals surface area contributed by atoms with Gasteiger partial charge in [0.15, 0.2) is 0 Å². The summed E-state index contributed by atoms with van der Waals surface area (Å²) in [5.41, 5.74) is 1.29. The van der Waals surface area contributed by atoms with Crippen LogP contribution in [0.2, 0.25) is 0 Å². The highest BCUT2D eigenvalue weighted by atomic mass is 35.5. The molecule has 2 aromatic rings. The van der Waals surface area contributed by atoms with Crippen LogP contribution in [-0.4, -0.2) is 57.9 Å². The standard InChI is InChI=1S/C22H30N4O3.ClH/c1-2-23-11-13-24(14-12-23)22(27)19-16-25(15-17-7-4-3-5-8-17)21-18(19)9-6-10-20(21)26(28)29;/h6,9-10,16-17H,2-5,7-8,11-15H2,1H3;1H. The van der Waals surface area contributed by atoms with Crippen molar-refractivity contribution in [2.24, 2.45) is 5.92 Å². The summed E-state index contributed by atoms with van der Waals surface area (Å²) in [5, 5.41) is 12.4. The fourth-order valence-electron chi connectivity index (χ4n) is 4.89. The van der Waals surface area contributed by atoms with Crippen molar-refractivity contribution in [3.8, 4) is 0 Å². The van der Waals surface area contributed by atoms with Crippen molar-refractivity contribution in [3.63, 3.8) is 0 Å². The van der Waals surface area contributed by atoms with E-state index in [2.05, 4.69) is 11.8 Å². The number of hydrogen-bond donors (Lipinski definition) is 0. The number of piperazine rings is 1. The van der Waals surface area contributed by atoms with Crippen molar-refractivity contribution in [3.05, 3.63) is 40.1 Å². The van der Waals surface area contributed by atoms with Gasteiger partial charge < -0.3 is 14.4 Å². The van der Waals surface area contributed by atoms with Gasteiger partial charge in [0.1, 0.15) is 5.52 Å². The van der Waals surface area contributed by atoms with Gasteiger partial charge in [0, 0.05) is 50.4 Å². The van der Waals surface area contributed by atoms with Gasteiger partial charge in [0.05, 0.1) is 10.5 Å². The Bertz CT molecular complexity index is 899. The molecule has 0 N–H and O–H groups in total. The van der Waals surface area contributed by atoms with Gasteiger partial charge in [0.2, 0.25) is 0 Å². The molecular weight excluding hydrogens is 404 g/mol. The van der Waals surface area contributed by atoms with Crippen molar-refractivity contribution in [2.45, 2.75) is 45.6 Å². The predicted molar refractivity (Wildman–Crippen MR) is 120 cm³/mol. The van der Waals surface area contributed by atoms with Crippen LogP contribution < -0.4 is 0 Å². The van der Waals surface area contributed by atoms with Crippen LogP contribution >= 0.6 is 12.4 Å². The van der Waals surface area contributed by atoms with Gasteiger partial charge in [0.25, 0.3) is 11.6 Å². The van der Waals surface area contributed by atoms with Crippen molar-refractivity contribution >= 4 is 34.9 Å². The lowest BCUT2D eigenvalue weighted by Crippen LogP contribution is -2.48. The van der Waals surface area contributed by atoms with E-state index in [1.54, 1.807) is 12.1 Å². The molecule has 30 heavy (non-hydrogen) atoms. The van der Waals surface area contributed by atoms with Crippen LogP contribution in [-0.2, 0) is 6.54 Å². The number of carbonyl (C=O) groups is 1. The minimum Gasteiger partial charge on any atom is -0.341 e. The number of nitro groups is 1. The maximum absolute atomic E-state index is 13.3. The van der Waals surface area contributed by atoms with E-state index < -0.39 is 0 Å². The molecule has 0 radical (unpaired) electrons. The summed E-state index contributed by atoms with van der Waals surface area (Å²) in [6.07, 6.45) is 7.90. The van der Waals surface area contributed by atoms with Gasteiger partial charge in [-0.15, -0.1) is 12.4 Å². The molecule has 1 aromatic heterocycles. The second kappa shape index (κ2) is 9.79. The Morgan fingerprint density at radius 3 is 2.47 bits per heavy atom. The number of non-ortho nitro benzene ring substituents is 1. The van der Waals surface area contributed by atoms with Crippen LogP contribution in [0.3, 0.4) is 0 Å². The lowest BCUT2D eigenvalue weighted by molar-refractivity contribution is -0.383. The number of nitro benzene ring substituents is 1. The van der Waals surface area contributed by atoms with Crippen LogP contribution in [0.25, 0.3) is 10.9 Å². The minimum absolute atomic E-state index is 0. The Morgan fingerprint density at radius 2 is 1.83 bits per heavy atom. The van der Waals surface area contributed by atoms with Gasteiger partial charge in [-0.05, 0) is 25.3 Å². The number of likely N-dealkylation sites (N-methyl/N-ethyl adjacent to an activating group) is 1. The highest BCUT2D eigenvalue weighted by Gasteiger charge is 2.28. The van der Waals surface area contributed by atoms with E-state index in [0.29, 0.717) is 35.5 Å². The molecule has 0 bridgehead atoms. The lowest BCUT2D eigenvalue weighted by Gasteiger charge is -2.34. The molecule has 0 atom stereocenters. The first kappa shape index (κ1) is 22.6. The third-order valence-electron chi connectivity index (χ3n) is 6.59. The van der Waals surface area contributed by atoms with Crippen LogP contribution in [0.5, 0.6) is 0 Å². The first-order valence-electron chi connectivity index (χ1n) is 10.9. The molecule has 1 saturated heterocycles. The number of amides is 1. The van der Waals surface area contributed by atoms with E-state index in [9.17, 15) is 14.9 Å². The van der Waals surface area contributed by atoms with Gasteiger partial charge in [-0.2, -0.15) is 0 Å². The number of halogens is 1. The van der Waals surface area contributed by atoms with Crippen molar-refractivity contribution < 1.29 is 9.72 Å². The summed E-state index contributed by atoms with van der Waals surface area (Å²) >= 11 is 0. The van der Waals surface area contributed by atoms with E-state index in [1.807, 2.05) is 21.7 Å². The Hall–Kier alpha value is -2.12. The molecule has 2 fully saturated rings. The number of hydrogen-bond acceptors (Lipinski definition) is 4. The zero-order valence-corrected chi connectivity index (χ0v) is 18.4. The van der Waals surface area contributed by atoms with Crippen molar-refractivity contribution in [1.29, 1.82) is 0 Å². The number of fused-ring (bicyclic) bond motifs is 1. The topological polar surface area (TPSA) is 71.6 Å². The average molecular weight is 435 g/mol. The fraction of sp³-hybridized carbons (Fsp3) is 0.591. The summed E-state index contributed by atoms with van der Waals surface area (Å²) in [7, 11) is 0. The Balaban J connectivity index is 0.00000256. The summed E-state index contributed by atoms with van der Waals surface area (Å²) in [4.78, 5) is 28.9. The highest BCUT2D eigenvalue weighted by Crippen LogP contribution is 2.33. The number of para-hydroxylation sites is 1. The van der Waals surface area contributed by atoms with Gasteiger partial charge in [-0.25, -0.2) is 0 Å². The monoisotopic (exact) mass is 434 g/mol. The molecule has 7 nitrogen and oxygen atoms in total. The second-order valence-corrected chi connectivity index (χ2v) is 8.36. The number of rotatable bonds is 5. The lowest BCUT2D eigenvalue weighted by atomic mass is 9.89. The van der Waals surface area contributed by atoms with Crippen LogP contribution in [0, 0.1) is 16.0 Å². The van der Waals surface area contributed by atoms with E-state index in [-0.39, 0.29) is 28.9 Å². The number of benzene rings is 1. The van der Waals surface area contributed by atoms with Crippen molar-refractivity contribution in [2.75, 3.05) is 32.7 Å². The summed E-state index contributed by atoms with van der Waals surface area (Å²) in [5.74, 6) is 0.517. The molecule has 8 heteroatoms. The van der Waals surface area contributed by atoms with E-state index in [4.69, 9.17) is 0 Å². The highest BCUT2D eigenvalue weighted by molar-refractivity contribution is 6.09. The first-order valence-corrected chi connectivity index (χ1v) is 10.9. The largest absolute Gasteiger partial charge is 0.341 e. The Kier molecular flexibility index (Phi) is 7.36. The predicted octanol–water partition coefficient (Wildman–Crippen LogP) is 4.33. The SMILES string of the molecule is CCN1CCN(C(=O)c2cn(CC3CCCCC3)c3c([N+](=O)[O-])cccc23)CC1.Cl. The minimum atomic E-state index is -0.325. The zero-order valence-electron chi connectivity index (χ0n) is 17.6. The molecule has 1 aromatic carbocycles. The molecule has 4 rings (SSSR count).